The maximum absolute atomic E-state index is 13.2. The largest absolute Gasteiger partial charge is 0.327 e. The Morgan fingerprint density at radius 3 is 2.59 bits per heavy atom. The Bertz CT molecular complexity index is 956. The Kier molecular flexibility index (Phi) is 4.84. The summed E-state index contributed by atoms with van der Waals surface area (Å²) in [6, 6.07) is 9.63. The zero-order valence-electron chi connectivity index (χ0n) is 14.2. The van der Waals surface area contributed by atoms with Gasteiger partial charge in [0.15, 0.2) is 0 Å². The average molecular weight is 370 g/mol. The quantitative estimate of drug-likeness (QED) is 0.567. The van der Waals surface area contributed by atoms with Gasteiger partial charge in [-0.2, -0.15) is 0 Å². The van der Waals surface area contributed by atoms with Gasteiger partial charge in [0.2, 0.25) is 0 Å². The van der Waals surface area contributed by atoms with E-state index in [9.17, 15) is 24.1 Å². The SMILES string of the molecule is CC1=C(C(=O)Nc2cccc([N+](=O)[O-])c2)C(c2ccc(F)cc2)NC(=O)N1. The molecule has 9 heteroatoms. The average Bonchev–Trinajstić information content (AvgIpc) is 2.61. The Morgan fingerprint density at radius 1 is 1.22 bits per heavy atom. The van der Waals surface area contributed by atoms with Gasteiger partial charge < -0.3 is 16.0 Å². The van der Waals surface area contributed by atoms with Crippen LogP contribution in [0.4, 0.5) is 20.6 Å². The number of halogens is 1. The lowest BCUT2D eigenvalue weighted by molar-refractivity contribution is -0.384. The molecule has 0 radical (unpaired) electrons. The van der Waals surface area contributed by atoms with E-state index in [4.69, 9.17) is 0 Å². The molecule has 2 aromatic rings. The molecule has 1 atom stereocenters. The molecule has 0 saturated carbocycles. The van der Waals surface area contributed by atoms with E-state index in [0.29, 0.717) is 11.3 Å². The van der Waals surface area contributed by atoms with Crippen LogP contribution in [-0.2, 0) is 4.79 Å². The minimum atomic E-state index is -0.793. The van der Waals surface area contributed by atoms with Gasteiger partial charge in [-0.05, 0) is 30.7 Å². The molecule has 0 bridgehead atoms. The summed E-state index contributed by atoms with van der Waals surface area (Å²) >= 11 is 0. The number of carbonyl (C=O) groups excluding carboxylic acids is 2. The molecule has 27 heavy (non-hydrogen) atoms. The molecular weight excluding hydrogens is 355 g/mol. The van der Waals surface area contributed by atoms with Crippen molar-refractivity contribution in [3.8, 4) is 0 Å². The van der Waals surface area contributed by atoms with Gasteiger partial charge in [0.1, 0.15) is 5.82 Å². The number of hydrogen-bond donors (Lipinski definition) is 3. The first-order valence-corrected chi connectivity index (χ1v) is 7.94. The van der Waals surface area contributed by atoms with Crippen LogP contribution in [0.25, 0.3) is 0 Å². The Labute approximate surface area is 153 Å². The minimum absolute atomic E-state index is 0.163. The number of amides is 3. The number of hydrogen-bond acceptors (Lipinski definition) is 4. The van der Waals surface area contributed by atoms with Crippen molar-refractivity contribution in [2.75, 3.05) is 5.32 Å². The van der Waals surface area contributed by atoms with E-state index in [2.05, 4.69) is 16.0 Å². The summed E-state index contributed by atoms with van der Waals surface area (Å²) < 4.78 is 13.2. The smallest absolute Gasteiger partial charge is 0.319 e. The summed E-state index contributed by atoms with van der Waals surface area (Å²) in [6.45, 7) is 1.57. The van der Waals surface area contributed by atoms with Crippen molar-refractivity contribution in [1.82, 2.24) is 10.6 Å². The maximum Gasteiger partial charge on any atom is 0.319 e. The number of nitrogens with zero attached hydrogens (tertiary/aromatic N) is 1. The van der Waals surface area contributed by atoms with E-state index in [1.807, 2.05) is 0 Å². The highest BCUT2D eigenvalue weighted by atomic mass is 19.1. The topological polar surface area (TPSA) is 113 Å². The Hall–Kier alpha value is -3.75. The molecule has 1 aliphatic heterocycles. The number of allylic oxidation sites excluding steroid dienone is 1. The summed E-state index contributed by atoms with van der Waals surface area (Å²) in [6.07, 6.45) is 0. The highest BCUT2D eigenvalue weighted by molar-refractivity contribution is 6.06. The van der Waals surface area contributed by atoms with Crippen molar-refractivity contribution < 1.29 is 18.9 Å². The second kappa shape index (κ2) is 7.24. The van der Waals surface area contributed by atoms with Gasteiger partial charge in [-0.3, -0.25) is 14.9 Å². The molecule has 0 saturated heterocycles. The number of anilines is 1. The number of nitro groups is 1. The van der Waals surface area contributed by atoms with Crippen LogP contribution in [0.5, 0.6) is 0 Å². The van der Waals surface area contributed by atoms with Gasteiger partial charge in [0.05, 0.1) is 16.5 Å². The monoisotopic (exact) mass is 370 g/mol. The minimum Gasteiger partial charge on any atom is -0.327 e. The Balaban J connectivity index is 1.93. The van der Waals surface area contributed by atoms with Gasteiger partial charge in [-0.15, -0.1) is 0 Å². The van der Waals surface area contributed by atoms with Gasteiger partial charge in [-0.25, -0.2) is 9.18 Å². The van der Waals surface area contributed by atoms with Crippen molar-refractivity contribution >= 4 is 23.3 Å². The first-order chi connectivity index (χ1) is 12.8. The lowest BCUT2D eigenvalue weighted by atomic mass is 9.95. The van der Waals surface area contributed by atoms with Crippen LogP contribution < -0.4 is 16.0 Å². The van der Waals surface area contributed by atoms with E-state index < -0.39 is 28.7 Å². The molecule has 1 unspecified atom stereocenters. The van der Waals surface area contributed by atoms with E-state index in [1.165, 1.54) is 48.5 Å². The van der Waals surface area contributed by atoms with Crippen molar-refractivity contribution in [3.63, 3.8) is 0 Å². The summed E-state index contributed by atoms with van der Waals surface area (Å²) in [5, 5.41) is 18.6. The third-order valence-corrected chi connectivity index (χ3v) is 4.03. The van der Waals surface area contributed by atoms with Gasteiger partial charge in [0, 0.05) is 23.5 Å². The van der Waals surface area contributed by atoms with Crippen LogP contribution in [0.1, 0.15) is 18.5 Å². The molecule has 8 nitrogen and oxygen atoms in total. The predicted molar refractivity (Wildman–Crippen MR) is 95.2 cm³/mol. The molecular formula is C18H15FN4O4. The van der Waals surface area contributed by atoms with Gasteiger partial charge in [-0.1, -0.05) is 18.2 Å². The zero-order chi connectivity index (χ0) is 19.6. The molecule has 138 valence electrons. The van der Waals surface area contributed by atoms with Crippen LogP contribution in [0, 0.1) is 15.9 Å². The highest BCUT2D eigenvalue weighted by Gasteiger charge is 2.31. The number of nitro benzene ring substituents is 1. The molecule has 0 aliphatic carbocycles. The van der Waals surface area contributed by atoms with E-state index in [-0.39, 0.29) is 16.9 Å². The van der Waals surface area contributed by atoms with Crippen LogP contribution in [-0.4, -0.2) is 16.9 Å². The molecule has 3 rings (SSSR count). The molecule has 1 heterocycles. The second-order valence-corrected chi connectivity index (χ2v) is 5.88. The lowest BCUT2D eigenvalue weighted by Gasteiger charge is -2.28. The third-order valence-electron chi connectivity index (χ3n) is 4.03. The predicted octanol–water partition coefficient (Wildman–Crippen LogP) is 3.00. The van der Waals surface area contributed by atoms with Crippen molar-refractivity contribution in [2.45, 2.75) is 13.0 Å². The first-order valence-electron chi connectivity index (χ1n) is 7.94. The van der Waals surface area contributed by atoms with Crippen LogP contribution in [0.3, 0.4) is 0 Å². The standard InChI is InChI=1S/C18H15FN4O4/c1-10-15(17(24)21-13-3-2-4-14(9-13)23(26)27)16(22-18(25)20-10)11-5-7-12(19)8-6-11/h2-9,16H,1H3,(H,21,24)(H2,20,22,25). The van der Waals surface area contributed by atoms with E-state index in [1.54, 1.807) is 6.92 Å². The second-order valence-electron chi connectivity index (χ2n) is 5.88. The number of nitrogens with one attached hydrogen (secondary N) is 3. The van der Waals surface area contributed by atoms with Crippen LogP contribution >= 0.6 is 0 Å². The molecule has 1 aliphatic rings. The lowest BCUT2D eigenvalue weighted by Crippen LogP contribution is -2.45. The molecule has 0 fully saturated rings. The first kappa shape index (κ1) is 18.1. The fourth-order valence-corrected chi connectivity index (χ4v) is 2.80. The summed E-state index contributed by atoms with van der Waals surface area (Å²) in [7, 11) is 0. The normalized spacial score (nSPS) is 16.4. The van der Waals surface area contributed by atoms with Crippen molar-refractivity contribution in [1.29, 1.82) is 0 Å². The molecule has 0 spiro atoms. The zero-order valence-corrected chi connectivity index (χ0v) is 14.2. The number of rotatable bonds is 4. The summed E-state index contributed by atoms with van der Waals surface area (Å²) in [5.74, 6) is -0.989. The van der Waals surface area contributed by atoms with E-state index >= 15 is 0 Å². The van der Waals surface area contributed by atoms with Crippen molar-refractivity contribution in [3.05, 3.63) is 81.3 Å². The molecule has 3 N–H and O–H groups in total. The van der Waals surface area contributed by atoms with Crippen LogP contribution in [0.2, 0.25) is 0 Å². The molecule has 2 aromatic carbocycles. The number of urea groups is 1. The van der Waals surface area contributed by atoms with Gasteiger partial charge >= 0.3 is 6.03 Å². The molecule has 3 amide bonds. The number of benzene rings is 2. The number of carbonyl (C=O) groups is 2. The van der Waals surface area contributed by atoms with Gasteiger partial charge in [0.25, 0.3) is 11.6 Å². The number of non-ortho nitro benzene ring substituents is 1. The summed E-state index contributed by atoms with van der Waals surface area (Å²) in [5.41, 5.74) is 1.14. The third kappa shape index (κ3) is 3.92. The van der Waals surface area contributed by atoms with Crippen LogP contribution in [0.15, 0.2) is 59.8 Å². The highest BCUT2D eigenvalue weighted by Crippen LogP contribution is 2.28. The molecule has 0 aromatic heterocycles. The Morgan fingerprint density at radius 2 is 1.93 bits per heavy atom. The van der Waals surface area contributed by atoms with Crippen molar-refractivity contribution in [2.24, 2.45) is 0 Å². The maximum atomic E-state index is 13.2. The fourth-order valence-electron chi connectivity index (χ4n) is 2.80. The summed E-state index contributed by atoms with van der Waals surface area (Å²) in [4.78, 5) is 35.0. The fraction of sp³-hybridized carbons (Fsp3) is 0.111. The van der Waals surface area contributed by atoms with E-state index in [0.717, 1.165) is 0 Å².